The maximum Gasteiger partial charge on any atom is 0.0458 e. The van der Waals surface area contributed by atoms with Gasteiger partial charge < -0.3 is 27.1 Å². The Balaban J connectivity index is 0.000000200. The molecule has 2 heterocycles. The molecule has 6 rings (SSSR count). The van der Waals surface area contributed by atoms with Crippen molar-refractivity contribution in [1.29, 1.82) is 0 Å². The molecule has 2 aliphatic rings. The van der Waals surface area contributed by atoms with E-state index >= 15 is 0 Å². The Bertz CT molecular complexity index is 1420. The molecule has 0 radical (unpaired) electrons. The summed E-state index contributed by atoms with van der Waals surface area (Å²) in [6.45, 7) is 7.75. The quantitative estimate of drug-likeness (QED) is 0.193. The van der Waals surface area contributed by atoms with Crippen LogP contribution in [0.3, 0.4) is 0 Å². The van der Waals surface area contributed by atoms with E-state index in [1.54, 1.807) is 0 Å². The highest BCUT2D eigenvalue weighted by atomic mass is 35.5. The van der Waals surface area contributed by atoms with Gasteiger partial charge in [0.1, 0.15) is 0 Å². The summed E-state index contributed by atoms with van der Waals surface area (Å²) in [5.74, 6) is 0.751. The van der Waals surface area contributed by atoms with E-state index in [2.05, 4.69) is 115 Å². The van der Waals surface area contributed by atoms with Crippen LogP contribution < -0.4 is 22.2 Å². The first-order valence-electron chi connectivity index (χ1n) is 16.2. The average Bonchev–Trinajstić information content (AvgIpc) is 3.25. The second kappa shape index (κ2) is 16.7. The van der Waals surface area contributed by atoms with Crippen LogP contribution in [0.15, 0.2) is 84.9 Å². The van der Waals surface area contributed by atoms with Crippen molar-refractivity contribution in [3.8, 4) is 0 Å². The van der Waals surface area contributed by atoms with Gasteiger partial charge in [-0.3, -0.25) is 0 Å². The molecule has 0 aliphatic carbocycles. The number of nitrogens with zero attached hydrogens (tertiary/aromatic N) is 3. The van der Waals surface area contributed by atoms with Crippen LogP contribution in [0.5, 0.6) is 0 Å². The fourth-order valence-electron chi connectivity index (χ4n) is 6.45. The van der Waals surface area contributed by atoms with Crippen LogP contribution in [0.1, 0.15) is 55.4 Å². The van der Waals surface area contributed by atoms with Crippen LogP contribution in [0, 0.1) is 5.92 Å². The second-order valence-corrected chi connectivity index (χ2v) is 13.7. The summed E-state index contributed by atoms with van der Waals surface area (Å²) < 4.78 is 0. The van der Waals surface area contributed by atoms with E-state index in [-0.39, 0.29) is 12.4 Å². The molecular formula is C39H47Cl3N3-. The molecule has 6 heteroatoms. The first-order chi connectivity index (χ1) is 21.3. The third-order valence-electron chi connectivity index (χ3n) is 8.72. The normalized spacial score (nSPS) is 13.4. The Morgan fingerprint density at radius 1 is 0.600 bits per heavy atom. The van der Waals surface area contributed by atoms with Crippen molar-refractivity contribution in [2.45, 2.75) is 58.8 Å². The predicted molar refractivity (Wildman–Crippen MR) is 192 cm³/mol. The van der Waals surface area contributed by atoms with Gasteiger partial charge >= 0.3 is 0 Å². The minimum absolute atomic E-state index is 0. The van der Waals surface area contributed by atoms with E-state index in [4.69, 9.17) is 23.2 Å². The first-order valence-corrected chi connectivity index (χ1v) is 17.0. The van der Waals surface area contributed by atoms with Crippen LogP contribution in [-0.2, 0) is 25.7 Å². The minimum atomic E-state index is 0. The molecule has 0 saturated carbocycles. The fourth-order valence-corrected chi connectivity index (χ4v) is 6.79. The van der Waals surface area contributed by atoms with Crippen LogP contribution in [0.25, 0.3) is 0 Å². The SMILES string of the molecule is CC(C)CCCN1c2ccccc2CCc2ccc(Cl)cc21.CN(C)CCCN1c2ccccc2CCc2ccc(Cl)cc21.[Cl-]. The highest BCUT2D eigenvalue weighted by Crippen LogP contribution is 2.39. The summed E-state index contributed by atoms with van der Waals surface area (Å²) in [6, 6.07) is 30.2. The molecule has 2 aliphatic heterocycles. The van der Waals surface area contributed by atoms with Gasteiger partial charge in [-0.25, -0.2) is 0 Å². The number of rotatable bonds is 8. The van der Waals surface area contributed by atoms with Gasteiger partial charge in [-0.15, -0.1) is 0 Å². The van der Waals surface area contributed by atoms with Crippen molar-refractivity contribution < 1.29 is 12.4 Å². The molecule has 45 heavy (non-hydrogen) atoms. The molecule has 3 nitrogen and oxygen atoms in total. The van der Waals surface area contributed by atoms with Crippen molar-refractivity contribution in [2.75, 3.05) is 43.5 Å². The van der Waals surface area contributed by atoms with Gasteiger partial charge in [-0.1, -0.05) is 85.6 Å². The predicted octanol–water partition coefficient (Wildman–Crippen LogP) is 7.55. The molecule has 4 aromatic carbocycles. The summed E-state index contributed by atoms with van der Waals surface area (Å²) in [5.41, 5.74) is 10.9. The van der Waals surface area contributed by atoms with Crippen molar-refractivity contribution in [1.82, 2.24) is 4.90 Å². The highest BCUT2D eigenvalue weighted by Gasteiger charge is 2.22. The van der Waals surface area contributed by atoms with Gasteiger partial charge in [-0.05, 0) is 130 Å². The van der Waals surface area contributed by atoms with Gasteiger partial charge in [0.05, 0.1) is 0 Å². The molecule has 0 atom stereocenters. The average molecular weight is 664 g/mol. The molecule has 0 aromatic heterocycles. The number of para-hydroxylation sites is 2. The summed E-state index contributed by atoms with van der Waals surface area (Å²) in [5, 5.41) is 1.64. The maximum atomic E-state index is 6.28. The topological polar surface area (TPSA) is 9.72 Å². The largest absolute Gasteiger partial charge is 1.00 e. The van der Waals surface area contributed by atoms with E-state index in [9.17, 15) is 0 Å². The molecule has 0 saturated heterocycles. The molecule has 0 amide bonds. The van der Waals surface area contributed by atoms with Crippen LogP contribution >= 0.6 is 23.2 Å². The highest BCUT2D eigenvalue weighted by molar-refractivity contribution is 6.31. The molecular weight excluding hydrogens is 617 g/mol. The van der Waals surface area contributed by atoms with Crippen molar-refractivity contribution >= 4 is 46.0 Å². The van der Waals surface area contributed by atoms with E-state index in [0.29, 0.717) is 0 Å². The molecule has 0 bridgehead atoms. The Labute approximate surface area is 287 Å². The van der Waals surface area contributed by atoms with E-state index in [1.807, 2.05) is 12.1 Å². The fraction of sp³-hybridized carbons (Fsp3) is 0.385. The standard InChI is InChI=1S/C20H24ClN.C19H23ClN2.ClH/c1-15(2)6-5-13-22-19-8-4-3-7-16(19)9-10-17-11-12-18(21)14-20(17)22;1-21(2)12-5-13-22-18-7-4-3-6-15(18)8-9-16-10-11-17(20)14-19(16)22;/h3-4,7-8,11-12,14-15H,5-6,9-10,13H2,1-2H3;3-4,6-7,10-11,14H,5,8-9,12-13H2,1-2H3;1H/p-1. The van der Waals surface area contributed by atoms with E-state index < -0.39 is 0 Å². The zero-order valence-electron chi connectivity index (χ0n) is 27.2. The number of hydrogen-bond acceptors (Lipinski definition) is 3. The van der Waals surface area contributed by atoms with Gasteiger partial charge in [0.2, 0.25) is 0 Å². The van der Waals surface area contributed by atoms with E-state index in [1.165, 1.54) is 57.8 Å². The smallest absolute Gasteiger partial charge is 0.0458 e. The third kappa shape index (κ3) is 9.20. The molecule has 0 N–H and O–H groups in total. The lowest BCUT2D eigenvalue weighted by atomic mass is 10.0. The summed E-state index contributed by atoms with van der Waals surface area (Å²) in [7, 11) is 4.25. The van der Waals surface area contributed by atoms with Gasteiger partial charge in [0, 0.05) is 45.9 Å². The summed E-state index contributed by atoms with van der Waals surface area (Å²) in [4.78, 5) is 7.17. The van der Waals surface area contributed by atoms with Gasteiger partial charge in [0.15, 0.2) is 0 Å². The maximum absolute atomic E-state index is 6.28. The van der Waals surface area contributed by atoms with Gasteiger partial charge in [0.25, 0.3) is 0 Å². The van der Waals surface area contributed by atoms with Crippen molar-refractivity contribution in [2.24, 2.45) is 5.92 Å². The zero-order valence-corrected chi connectivity index (χ0v) is 29.5. The number of hydrogen-bond donors (Lipinski definition) is 0. The molecule has 4 aromatic rings. The lowest BCUT2D eigenvalue weighted by Crippen LogP contribution is -3.00. The Morgan fingerprint density at radius 2 is 1.02 bits per heavy atom. The van der Waals surface area contributed by atoms with Crippen LogP contribution in [0.2, 0.25) is 10.0 Å². The van der Waals surface area contributed by atoms with Crippen molar-refractivity contribution in [3.05, 3.63) is 117 Å². The summed E-state index contributed by atoms with van der Waals surface area (Å²) in [6.07, 6.45) is 7.96. The van der Waals surface area contributed by atoms with Crippen molar-refractivity contribution in [3.63, 3.8) is 0 Å². The number of benzene rings is 4. The number of fused-ring (bicyclic) bond motifs is 4. The van der Waals surface area contributed by atoms with Gasteiger partial charge in [-0.2, -0.15) is 0 Å². The van der Waals surface area contributed by atoms with Crippen LogP contribution in [0.4, 0.5) is 22.7 Å². The Kier molecular flexibility index (Phi) is 13.1. The second-order valence-electron chi connectivity index (χ2n) is 12.8. The summed E-state index contributed by atoms with van der Waals surface area (Å²) >= 11 is 12.6. The van der Waals surface area contributed by atoms with E-state index in [0.717, 1.165) is 67.7 Å². The Hall–Kier alpha value is -2.69. The molecule has 0 spiro atoms. The molecule has 0 fully saturated rings. The minimum Gasteiger partial charge on any atom is -1.00 e. The zero-order chi connectivity index (χ0) is 31.1. The Morgan fingerprint density at radius 3 is 1.47 bits per heavy atom. The molecule has 0 unspecified atom stereocenters. The lowest BCUT2D eigenvalue weighted by Gasteiger charge is -2.27. The number of halogens is 3. The monoisotopic (exact) mass is 662 g/mol. The lowest BCUT2D eigenvalue weighted by molar-refractivity contribution is -0.00000888. The number of aryl methyl sites for hydroxylation is 4. The first kappa shape index (κ1) is 35.2. The molecule has 240 valence electrons. The van der Waals surface area contributed by atoms with Crippen LogP contribution in [-0.4, -0.2) is 38.6 Å². The number of anilines is 4. The third-order valence-corrected chi connectivity index (χ3v) is 9.19.